The number of likely N-dealkylation sites (N-methyl/N-ethyl adjacent to an activating group) is 1. The molecule has 1 N–H and O–H groups in total. The molecule has 0 spiro atoms. The monoisotopic (exact) mass is 204 g/mol. The molecule has 0 saturated heterocycles. The van der Waals surface area contributed by atoms with E-state index in [1.54, 1.807) is 10.9 Å². The van der Waals surface area contributed by atoms with E-state index in [9.17, 15) is 4.79 Å². The van der Waals surface area contributed by atoms with Crippen molar-refractivity contribution in [3.63, 3.8) is 0 Å². The van der Waals surface area contributed by atoms with Gasteiger partial charge in [-0.3, -0.25) is 4.79 Å². The summed E-state index contributed by atoms with van der Waals surface area (Å²) < 4.78 is 0. The van der Waals surface area contributed by atoms with Crippen molar-refractivity contribution in [2.24, 2.45) is 0 Å². The number of alkyl halides is 1. The van der Waals surface area contributed by atoms with Crippen molar-refractivity contribution >= 4 is 28.8 Å². The van der Waals surface area contributed by atoms with Crippen LogP contribution in [-0.4, -0.2) is 17.4 Å². The number of nitrogens with one attached hydrogen (secondary N) is 1. The van der Waals surface area contributed by atoms with E-state index in [0.29, 0.717) is 12.2 Å². The Morgan fingerprint density at radius 3 is 3.17 bits per heavy atom. The Labute approximate surface area is 79.8 Å². The highest BCUT2D eigenvalue weighted by Gasteiger charge is 2.17. The summed E-state index contributed by atoms with van der Waals surface area (Å²) in [4.78, 5) is 15.1. The van der Waals surface area contributed by atoms with Gasteiger partial charge < -0.3 is 5.32 Å². The molecule has 5 heteroatoms. The van der Waals surface area contributed by atoms with Crippen LogP contribution in [0.5, 0.6) is 0 Å². The molecule has 1 rings (SSSR count). The minimum Gasteiger partial charge on any atom is -0.355 e. The first-order valence-electron chi connectivity index (χ1n) is 3.55. The third-order valence-corrected chi connectivity index (χ3v) is 2.32. The molecule has 0 fully saturated rings. The second-order valence-electron chi connectivity index (χ2n) is 2.17. The van der Waals surface area contributed by atoms with Crippen molar-refractivity contribution in [3.05, 3.63) is 16.6 Å². The second kappa shape index (κ2) is 4.42. The predicted octanol–water partition coefficient (Wildman–Crippen LogP) is 1.56. The molecule has 1 unspecified atom stereocenters. The van der Waals surface area contributed by atoms with E-state index in [1.165, 1.54) is 11.3 Å². The van der Waals surface area contributed by atoms with Gasteiger partial charge in [-0.25, -0.2) is 4.98 Å². The molecule has 0 aromatic carbocycles. The van der Waals surface area contributed by atoms with Crippen molar-refractivity contribution in [2.75, 3.05) is 6.54 Å². The molecule has 12 heavy (non-hydrogen) atoms. The zero-order chi connectivity index (χ0) is 8.97. The molecule has 3 nitrogen and oxygen atoms in total. The van der Waals surface area contributed by atoms with Gasteiger partial charge in [-0.15, -0.1) is 22.9 Å². The maximum absolute atomic E-state index is 11.2. The average Bonchev–Trinajstić information content (AvgIpc) is 2.55. The number of amides is 1. The highest BCUT2D eigenvalue weighted by molar-refractivity contribution is 7.07. The van der Waals surface area contributed by atoms with Gasteiger partial charge in [0.05, 0.1) is 11.2 Å². The van der Waals surface area contributed by atoms with E-state index in [2.05, 4.69) is 10.3 Å². The number of carbonyl (C=O) groups is 1. The van der Waals surface area contributed by atoms with Crippen LogP contribution in [0.1, 0.15) is 18.0 Å². The fourth-order valence-corrected chi connectivity index (χ4v) is 1.60. The van der Waals surface area contributed by atoms with Crippen LogP contribution in [0.15, 0.2) is 10.9 Å². The highest BCUT2D eigenvalue weighted by atomic mass is 35.5. The smallest absolute Gasteiger partial charge is 0.244 e. The summed E-state index contributed by atoms with van der Waals surface area (Å²) >= 11 is 7.24. The quantitative estimate of drug-likeness (QED) is 0.760. The third-order valence-electron chi connectivity index (χ3n) is 1.29. The molecule has 1 atom stereocenters. The Balaban J connectivity index is 2.59. The summed E-state index contributed by atoms with van der Waals surface area (Å²) in [6.07, 6.45) is 0. The van der Waals surface area contributed by atoms with Gasteiger partial charge >= 0.3 is 0 Å². The summed E-state index contributed by atoms with van der Waals surface area (Å²) in [7, 11) is 0. The number of halogens is 1. The van der Waals surface area contributed by atoms with E-state index in [1.807, 2.05) is 6.92 Å². The van der Waals surface area contributed by atoms with Crippen molar-refractivity contribution in [1.29, 1.82) is 0 Å². The van der Waals surface area contributed by atoms with Crippen LogP contribution >= 0.6 is 22.9 Å². The van der Waals surface area contributed by atoms with E-state index >= 15 is 0 Å². The number of thiazole rings is 1. The average molecular weight is 205 g/mol. The van der Waals surface area contributed by atoms with Crippen molar-refractivity contribution in [1.82, 2.24) is 10.3 Å². The molecule has 0 aliphatic heterocycles. The molecular weight excluding hydrogens is 196 g/mol. The van der Waals surface area contributed by atoms with E-state index in [-0.39, 0.29) is 5.91 Å². The first-order chi connectivity index (χ1) is 5.75. The number of rotatable bonds is 3. The normalized spacial score (nSPS) is 12.5. The van der Waals surface area contributed by atoms with E-state index in [4.69, 9.17) is 11.6 Å². The largest absolute Gasteiger partial charge is 0.355 e. The summed E-state index contributed by atoms with van der Waals surface area (Å²) in [5.41, 5.74) is 2.27. The number of aromatic nitrogens is 1. The van der Waals surface area contributed by atoms with Gasteiger partial charge in [0.2, 0.25) is 5.91 Å². The number of hydrogen-bond donors (Lipinski definition) is 1. The van der Waals surface area contributed by atoms with Gasteiger partial charge in [0.25, 0.3) is 0 Å². The van der Waals surface area contributed by atoms with Crippen molar-refractivity contribution in [2.45, 2.75) is 12.3 Å². The fourth-order valence-electron chi connectivity index (χ4n) is 0.745. The summed E-state index contributed by atoms with van der Waals surface area (Å²) in [5.74, 6) is -0.190. The third kappa shape index (κ3) is 2.19. The molecule has 0 saturated carbocycles. The zero-order valence-electron chi connectivity index (χ0n) is 6.58. The fraction of sp³-hybridized carbons (Fsp3) is 0.429. The molecule has 0 radical (unpaired) electrons. The lowest BCUT2D eigenvalue weighted by atomic mass is 10.3. The molecule has 0 aliphatic carbocycles. The van der Waals surface area contributed by atoms with Gasteiger partial charge in [0.1, 0.15) is 0 Å². The predicted molar refractivity (Wildman–Crippen MR) is 49.4 cm³/mol. The molecule has 1 aromatic heterocycles. The maximum atomic E-state index is 11.2. The summed E-state index contributed by atoms with van der Waals surface area (Å²) in [5, 5.41) is 3.74. The lowest BCUT2D eigenvalue weighted by Crippen LogP contribution is -2.26. The molecular formula is C7H9ClN2OS. The van der Waals surface area contributed by atoms with Crippen LogP contribution in [-0.2, 0) is 4.79 Å². The molecule has 1 aromatic rings. The van der Waals surface area contributed by atoms with Crippen LogP contribution in [0.25, 0.3) is 0 Å². The minimum absolute atomic E-state index is 0.190. The zero-order valence-corrected chi connectivity index (χ0v) is 8.15. The second-order valence-corrected chi connectivity index (χ2v) is 3.33. The molecule has 0 bridgehead atoms. The molecule has 66 valence electrons. The first-order valence-corrected chi connectivity index (χ1v) is 4.93. The van der Waals surface area contributed by atoms with Gasteiger partial charge in [0, 0.05) is 11.9 Å². The van der Waals surface area contributed by atoms with Gasteiger partial charge in [-0.05, 0) is 6.92 Å². The highest BCUT2D eigenvalue weighted by Crippen LogP contribution is 2.19. The molecule has 1 amide bonds. The Hall–Kier alpha value is -0.610. The number of hydrogen-bond acceptors (Lipinski definition) is 3. The maximum Gasteiger partial charge on any atom is 0.244 e. The van der Waals surface area contributed by atoms with Crippen LogP contribution in [0.2, 0.25) is 0 Å². The Morgan fingerprint density at radius 2 is 2.67 bits per heavy atom. The molecule has 0 aliphatic rings. The van der Waals surface area contributed by atoms with E-state index in [0.717, 1.165) is 0 Å². The van der Waals surface area contributed by atoms with Crippen LogP contribution < -0.4 is 5.32 Å². The van der Waals surface area contributed by atoms with Crippen LogP contribution in [0.3, 0.4) is 0 Å². The van der Waals surface area contributed by atoms with Crippen LogP contribution in [0.4, 0.5) is 0 Å². The van der Waals surface area contributed by atoms with Gasteiger partial charge in [-0.2, -0.15) is 0 Å². The molecule has 1 heterocycles. The Morgan fingerprint density at radius 1 is 1.92 bits per heavy atom. The standard InChI is InChI=1S/C7H9ClN2OS/c1-2-9-7(11)6(8)5-3-12-4-10-5/h3-4,6H,2H2,1H3,(H,9,11). The minimum atomic E-state index is -0.656. The first kappa shape index (κ1) is 9.48. The Bertz CT molecular complexity index is 250. The number of carbonyl (C=O) groups excluding carboxylic acids is 1. The topological polar surface area (TPSA) is 42.0 Å². The SMILES string of the molecule is CCNC(=O)C(Cl)c1cscn1. The van der Waals surface area contributed by atoms with E-state index < -0.39 is 5.38 Å². The summed E-state index contributed by atoms with van der Waals surface area (Å²) in [6.45, 7) is 2.44. The number of nitrogens with zero attached hydrogens (tertiary/aromatic N) is 1. The van der Waals surface area contributed by atoms with Gasteiger partial charge in [0.15, 0.2) is 5.38 Å². The van der Waals surface area contributed by atoms with Crippen molar-refractivity contribution in [3.8, 4) is 0 Å². The van der Waals surface area contributed by atoms with Gasteiger partial charge in [-0.1, -0.05) is 0 Å². The van der Waals surface area contributed by atoms with Crippen molar-refractivity contribution < 1.29 is 4.79 Å². The Kier molecular flexibility index (Phi) is 3.49. The van der Waals surface area contributed by atoms with Crippen LogP contribution in [0, 0.1) is 0 Å². The lowest BCUT2D eigenvalue weighted by Gasteiger charge is -2.05. The summed E-state index contributed by atoms with van der Waals surface area (Å²) in [6, 6.07) is 0. The lowest BCUT2D eigenvalue weighted by molar-refractivity contribution is -0.120.